The summed E-state index contributed by atoms with van der Waals surface area (Å²) in [6.07, 6.45) is 12.2. The lowest BCUT2D eigenvalue weighted by Crippen LogP contribution is -2.20. The number of benzene rings is 1. The molecule has 6 rings (SSSR count). The topological polar surface area (TPSA) is 71.2 Å². The van der Waals surface area contributed by atoms with E-state index < -0.39 is 0 Å². The molecular weight excluding hydrogens is 376 g/mol. The molecule has 7 heteroatoms. The van der Waals surface area contributed by atoms with Gasteiger partial charge in [0.25, 0.3) is 5.56 Å². The summed E-state index contributed by atoms with van der Waals surface area (Å²) < 4.78 is 4.14. The molecule has 0 atom stereocenters. The minimum atomic E-state index is -0.0965. The Morgan fingerprint density at radius 2 is 1.83 bits per heavy atom. The Hall–Kier alpha value is -3.09. The Balaban J connectivity index is 1.47. The largest absolute Gasteiger partial charge is 0.370 e. The molecule has 4 heterocycles. The van der Waals surface area contributed by atoms with Crippen molar-refractivity contribution in [1.82, 2.24) is 24.1 Å². The molecule has 0 spiro atoms. The Labute approximate surface area is 174 Å². The highest BCUT2D eigenvalue weighted by Crippen LogP contribution is 2.34. The van der Waals surface area contributed by atoms with Crippen LogP contribution in [-0.2, 0) is 0 Å². The zero-order chi connectivity index (χ0) is 20.1. The number of anilines is 1. The third-order valence-electron chi connectivity index (χ3n) is 6.83. The maximum atomic E-state index is 12.6. The number of nitrogens with one attached hydrogen (secondary N) is 1. The smallest absolute Gasteiger partial charge is 0.277 e. The van der Waals surface area contributed by atoms with Crippen molar-refractivity contribution in [1.29, 1.82) is 0 Å². The number of rotatable bonds is 3. The highest BCUT2D eigenvalue weighted by Gasteiger charge is 2.22. The molecule has 154 valence electrons. The predicted octanol–water partition coefficient (Wildman–Crippen LogP) is 4.14. The number of imidazole rings is 1. The first-order chi connectivity index (χ1) is 14.8. The van der Waals surface area contributed by atoms with Gasteiger partial charge >= 0.3 is 0 Å². The fourth-order valence-corrected chi connectivity index (χ4v) is 5.28. The van der Waals surface area contributed by atoms with Gasteiger partial charge in [0.2, 0.25) is 0 Å². The third-order valence-corrected chi connectivity index (χ3v) is 6.83. The number of fused-ring (bicyclic) bond motifs is 2. The van der Waals surface area contributed by atoms with E-state index in [2.05, 4.69) is 43.8 Å². The Morgan fingerprint density at radius 3 is 2.67 bits per heavy atom. The SMILES string of the molecule is O=c1[nH]cnn2c(-c3ccc4c(c3)ncn4C3CCCCC3)cc(N3CCCC3)c12. The van der Waals surface area contributed by atoms with Gasteiger partial charge in [-0.05, 0) is 43.9 Å². The summed E-state index contributed by atoms with van der Waals surface area (Å²) in [7, 11) is 0. The van der Waals surface area contributed by atoms with E-state index in [1.165, 1.54) is 43.9 Å². The van der Waals surface area contributed by atoms with Crippen LogP contribution in [0.3, 0.4) is 0 Å². The molecule has 1 saturated heterocycles. The molecule has 2 fully saturated rings. The van der Waals surface area contributed by atoms with Gasteiger partial charge < -0.3 is 14.5 Å². The monoisotopic (exact) mass is 402 g/mol. The summed E-state index contributed by atoms with van der Waals surface area (Å²) in [6.45, 7) is 1.97. The second-order valence-electron chi connectivity index (χ2n) is 8.63. The normalized spacial score (nSPS) is 18.1. The summed E-state index contributed by atoms with van der Waals surface area (Å²) in [5, 5.41) is 4.48. The van der Waals surface area contributed by atoms with Crippen molar-refractivity contribution in [2.75, 3.05) is 18.0 Å². The summed E-state index contributed by atoms with van der Waals surface area (Å²) in [5.74, 6) is 0. The van der Waals surface area contributed by atoms with Gasteiger partial charge in [-0.2, -0.15) is 5.10 Å². The average Bonchev–Trinajstić information content (AvgIpc) is 3.52. The van der Waals surface area contributed by atoms with Gasteiger partial charge in [0.05, 0.1) is 28.7 Å². The lowest BCUT2D eigenvalue weighted by molar-refractivity contribution is 0.359. The molecule has 1 saturated carbocycles. The summed E-state index contributed by atoms with van der Waals surface area (Å²) >= 11 is 0. The molecule has 0 amide bonds. The zero-order valence-corrected chi connectivity index (χ0v) is 17.0. The first kappa shape index (κ1) is 17.7. The van der Waals surface area contributed by atoms with E-state index in [0.29, 0.717) is 11.6 Å². The van der Waals surface area contributed by atoms with Gasteiger partial charge in [-0.3, -0.25) is 4.79 Å². The van der Waals surface area contributed by atoms with E-state index in [0.717, 1.165) is 48.4 Å². The first-order valence-electron chi connectivity index (χ1n) is 11.1. The third kappa shape index (κ3) is 2.75. The maximum Gasteiger partial charge on any atom is 0.277 e. The highest BCUT2D eigenvalue weighted by atomic mass is 16.1. The molecule has 0 radical (unpaired) electrons. The minimum absolute atomic E-state index is 0.0965. The van der Waals surface area contributed by atoms with Crippen LogP contribution in [-0.4, -0.2) is 37.2 Å². The van der Waals surface area contributed by atoms with Crippen molar-refractivity contribution in [3.63, 3.8) is 0 Å². The number of hydrogen-bond acceptors (Lipinski definition) is 4. The van der Waals surface area contributed by atoms with E-state index in [9.17, 15) is 4.79 Å². The average molecular weight is 403 g/mol. The minimum Gasteiger partial charge on any atom is -0.370 e. The van der Waals surface area contributed by atoms with Crippen LogP contribution in [0.15, 0.2) is 41.7 Å². The zero-order valence-electron chi connectivity index (χ0n) is 17.0. The van der Waals surface area contributed by atoms with Crippen molar-refractivity contribution < 1.29 is 0 Å². The number of nitrogens with zero attached hydrogens (tertiary/aromatic N) is 5. The molecule has 0 bridgehead atoms. The molecule has 7 nitrogen and oxygen atoms in total. The molecule has 1 aliphatic carbocycles. The van der Waals surface area contributed by atoms with E-state index >= 15 is 0 Å². The van der Waals surface area contributed by atoms with E-state index in [4.69, 9.17) is 4.98 Å². The predicted molar refractivity (Wildman–Crippen MR) is 118 cm³/mol. The Bertz CT molecular complexity index is 1270. The standard InChI is InChI=1S/C23H26N6O/c30-23-22-21(27-10-4-5-11-27)13-20(29(22)26-14-24-23)16-8-9-19-18(12-16)25-15-28(19)17-6-2-1-3-7-17/h8-9,12-15,17H,1-7,10-11H2,(H,24,26,30). The van der Waals surface area contributed by atoms with Crippen molar-refractivity contribution in [2.24, 2.45) is 0 Å². The summed E-state index contributed by atoms with van der Waals surface area (Å²) in [6, 6.07) is 9.12. The Kier molecular flexibility index (Phi) is 4.14. The van der Waals surface area contributed by atoms with Gasteiger partial charge in [0, 0.05) is 24.7 Å². The van der Waals surface area contributed by atoms with Gasteiger partial charge in [-0.1, -0.05) is 25.3 Å². The number of aromatic nitrogens is 5. The van der Waals surface area contributed by atoms with Crippen molar-refractivity contribution >= 4 is 22.2 Å². The Morgan fingerprint density at radius 1 is 1.00 bits per heavy atom. The molecule has 1 N–H and O–H groups in total. The highest BCUT2D eigenvalue weighted by molar-refractivity contribution is 5.86. The molecule has 4 aromatic rings. The van der Waals surface area contributed by atoms with E-state index in [-0.39, 0.29) is 5.56 Å². The molecule has 30 heavy (non-hydrogen) atoms. The second-order valence-corrected chi connectivity index (χ2v) is 8.63. The van der Waals surface area contributed by atoms with Gasteiger partial charge in [0.15, 0.2) is 5.52 Å². The number of hydrogen-bond donors (Lipinski definition) is 1. The molecule has 2 aliphatic rings. The van der Waals surface area contributed by atoms with Crippen LogP contribution in [0.25, 0.3) is 27.8 Å². The fourth-order valence-electron chi connectivity index (χ4n) is 5.28. The van der Waals surface area contributed by atoms with E-state index in [1.807, 2.05) is 6.33 Å². The van der Waals surface area contributed by atoms with Crippen LogP contribution in [0.4, 0.5) is 5.69 Å². The van der Waals surface area contributed by atoms with Crippen LogP contribution in [0.1, 0.15) is 51.0 Å². The summed E-state index contributed by atoms with van der Waals surface area (Å²) in [4.78, 5) is 22.4. The van der Waals surface area contributed by atoms with Crippen molar-refractivity contribution in [2.45, 2.75) is 51.0 Å². The van der Waals surface area contributed by atoms with Crippen LogP contribution in [0.5, 0.6) is 0 Å². The van der Waals surface area contributed by atoms with Crippen molar-refractivity contribution in [3.05, 3.63) is 47.3 Å². The molecule has 0 unspecified atom stereocenters. The second kappa shape index (κ2) is 7.00. The lowest BCUT2D eigenvalue weighted by Gasteiger charge is -2.23. The number of H-pyrrole nitrogens is 1. The maximum absolute atomic E-state index is 12.6. The lowest BCUT2D eigenvalue weighted by atomic mass is 9.95. The van der Waals surface area contributed by atoms with Crippen LogP contribution >= 0.6 is 0 Å². The van der Waals surface area contributed by atoms with E-state index in [1.54, 1.807) is 4.52 Å². The first-order valence-corrected chi connectivity index (χ1v) is 11.1. The van der Waals surface area contributed by atoms with Crippen LogP contribution in [0, 0.1) is 0 Å². The van der Waals surface area contributed by atoms with Gasteiger partial charge in [-0.25, -0.2) is 9.50 Å². The van der Waals surface area contributed by atoms with Crippen LogP contribution < -0.4 is 10.5 Å². The molecule has 1 aromatic carbocycles. The summed E-state index contributed by atoms with van der Waals surface area (Å²) in [5.41, 5.74) is 5.67. The number of aromatic amines is 1. The molecular formula is C23H26N6O. The van der Waals surface area contributed by atoms with Crippen molar-refractivity contribution in [3.8, 4) is 11.3 Å². The van der Waals surface area contributed by atoms with Gasteiger partial charge in [-0.15, -0.1) is 0 Å². The molecule has 3 aromatic heterocycles. The van der Waals surface area contributed by atoms with Gasteiger partial charge in [0.1, 0.15) is 6.33 Å². The van der Waals surface area contributed by atoms with Crippen LogP contribution in [0.2, 0.25) is 0 Å². The quantitative estimate of drug-likeness (QED) is 0.559. The molecule has 1 aliphatic heterocycles. The fraction of sp³-hybridized carbons (Fsp3) is 0.435.